The van der Waals surface area contributed by atoms with Gasteiger partial charge in [-0.15, -0.1) is 0 Å². The summed E-state index contributed by atoms with van der Waals surface area (Å²) >= 11 is 7.06. The number of hydrogen-bond acceptors (Lipinski definition) is 0. The summed E-state index contributed by atoms with van der Waals surface area (Å²) in [5, 5.41) is 0. The predicted octanol–water partition coefficient (Wildman–Crippen LogP) is 6.65. The Balaban J connectivity index is 1.90. The molecule has 0 nitrogen and oxygen atoms in total. The fraction of sp³-hybridized carbons (Fsp3) is 0.333. The maximum atomic E-state index is 3.53. The Bertz CT molecular complexity index is 503. The third-order valence-corrected chi connectivity index (χ3v) is 5.42. The molecule has 20 heavy (non-hydrogen) atoms. The van der Waals surface area contributed by atoms with Gasteiger partial charge in [0.1, 0.15) is 0 Å². The van der Waals surface area contributed by atoms with Crippen molar-refractivity contribution in [2.45, 2.75) is 37.5 Å². The molecule has 1 aliphatic carbocycles. The van der Waals surface area contributed by atoms with Crippen LogP contribution in [0.3, 0.4) is 0 Å². The Hall–Kier alpha value is -0.600. The van der Waals surface area contributed by atoms with Gasteiger partial charge in [-0.2, -0.15) is 0 Å². The second-order valence-corrected chi connectivity index (χ2v) is 7.43. The number of rotatable bonds is 2. The highest BCUT2D eigenvalue weighted by atomic mass is 79.9. The summed E-state index contributed by atoms with van der Waals surface area (Å²) in [5.41, 5.74) is 2.97. The van der Waals surface area contributed by atoms with Crippen LogP contribution in [0.4, 0.5) is 0 Å². The molecule has 2 heteroatoms. The molecule has 0 aliphatic heterocycles. The molecule has 0 radical (unpaired) electrons. The average molecular weight is 394 g/mol. The highest BCUT2D eigenvalue weighted by Crippen LogP contribution is 2.44. The molecular formula is C18H18Br2. The van der Waals surface area contributed by atoms with E-state index in [4.69, 9.17) is 0 Å². The standard InChI is InChI=1S/C18H18Br2/c19-15-9-5-13(6-10-15)17-3-1-2-4-18(17)14-7-11-16(20)12-8-14/h5-12,17-18H,1-4H2/t17-,18+. The lowest BCUT2D eigenvalue weighted by atomic mass is 9.72. The highest BCUT2D eigenvalue weighted by Gasteiger charge is 2.27. The van der Waals surface area contributed by atoms with E-state index in [2.05, 4.69) is 80.4 Å². The van der Waals surface area contributed by atoms with Crippen LogP contribution >= 0.6 is 31.9 Å². The molecule has 2 atom stereocenters. The van der Waals surface area contributed by atoms with Crippen LogP contribution in [-0.2, 0) is 0 Å². The van der Waals surface area contributed by atoms with Crippen molar-refractivity contribution in [1.82, 2.24) is 0 Å². The Morgan fingerprint density at radius 1 is 0.600 bits per heavy atom. The van der Waals surface area contributed by atoms with Crippen molar-refractivity contribution in [3.63, 3.8) is 0 Å². The number of benzene rings is 2. The van der Waals surface area contributed by atoms with E-state index in [1.165, 1.54) is 36.8 Å². The number of hydrogen-bond donors (Lipinski definition) is 0. The molecule has 0 N–H and O–H groups in total. The Morgan fingerprint density at radius 3 is 1.30 bits per heavy atom. The minimum absolute atomic E-state index is 0.665. The molecule has 0 unspecified atom stereocenters. The largest absolute Gasteiger partial charge is 0.0576 e. The Morgan fingerprint density at radius 2 is 0.950 bits per heavy atom. The molecule has 3 rings (SSSR count). The molecule has 2 aromatic carbocycles. The van der Waals surface area contributed by atoms with Crippen molar-refractivity contribution in [3.05, 3.63) is 68.6 Å². The molecule has 0 spiro atoms. The summed E-state index contributed by atoms with van der Waals surface area (Å²) < 4.78 is 2.33. The first kappa shape index (κ1) is 14.3. The second-order valence-electron chi connectivity index (χ2n) is 5.60. The van der Waals surface area contributed by atoms with E-state index in [0.29, 0.717) is 11.8 Å². The van der Waals surface area contributed by atoms with Crippen molar-refractivity contribution in [2.24, 2.45) is 0 Å². The van der Waals surface area contributed by atoms with Crippen LogP contribution in [0.15, 0.2) is 57.5 Å². The minimum Gasteiger partial charge on any atom is -0.0576 e. The molecule has 2 aromatic rings. The molecular weight excluding hydrogens is 376 g/mol. The summed E-state index contributed by atoms with van der Waals surface area (Å²) in [6, 6.07) is 17.8. The first-order valence-electron chi connectivity index (χ1n) is 7.25. The van der Waals surface area contributed by atoms with E-state index < -0.39 is 0 Å². The average Bonchev–Trinajstić information content (AvgIpc) is 2.49. The van der Waals surface area contributed by atoms with Crippen LogP contribution in [0, 0.1) is 0 Å². The zero-order valence-electron chi connectivity index (χ0n) is 11.4. The molecule has 1 fully saturated rings. The second kappa shape index (κ2) is 6.44. The van der Waals surface area contributed by atoms with E-state index >= 15 is 0 Å². The van der Waals surface area contributed by atoms with Crippen molar-refractivity contribution in [1.29, 1.82) is 0 Å². The fourth-order valence-electron chi connectivity index (χ4n) is 3.35. The third-order valence-electron chi connectivity index (χ3n) is 4.36. The highest BCUT2D eigenvalue weighted by molar-refractivity contribution is 9.10. The lowest BCUT2D eigenvalue weighted by molar-refractivity contribution is 0.386. The van der Waals surface area contributed by atoms with Gasteiger partial charge in [-0.05, 0) is 60.1 Å². The smallest absolute Gasteiger partial charge is 0.0175 e. The van der Waals surface area contributed by atoms with Crippen molar-refractivity contribution < 1.29 is 0 Å². The lowest BCUT2D eigenvalue weighted by Crippen LogP contribution is -2.16. The van der Waals surface area contributed by atoms with Crippen LogP contribution in [0.1, 0.15) is 48.6 Å². The maximum Gasteiger partial charge on any atom is 0.0175 e. The van der Waals surface area contributed by atoms with Gasteiger partial charge in [-0.1, -0.05) is 69.0 Å². The summed E-state index contributed by atoms with van der Waals surface area (Å²) in [4.78, 5) is 0. The maximum absolute atomic E-state index is 3.53. The molecule has 0 amide bonds. The van der Waals surface area contributed by atoms with Crippen LogP contribution in [0.5, 0.6) is 0 Å². The van der Waals surface area contributed by atoms with Gasteiger partial charge in [0, 0.05) is 8.95 Å². The minimum atomic E-state index is 0.665. The summed E-state index contributed by atoms with van der Waals surface area (Å²) in [5.74, 6) is 1.33. The van der Waals surface area contributed by atoms with Gasteiger partial charge in [0.15, 0.2) is 0 Å². The monoisotopic (exact) mass is 392 g/mol. The molecule has 0 aromatic heterocycles. The Labute approximate surface area is 137 Å². The van der Waals surface area contributed by atoms with E-state index in [0.717, 1.165) is 8.95 Å². The van der Waals surface area contributed by atoms with Crippen LogP contribution in [0.2, 0.25) is 0 Å². The van der Waals surface area contributed by atoms with Gasteiger partial charge in [-0.3, -0.25) is 0 Å². The van der Waals surface area contributed by atoms with Gasteiger partial charge in [0.25, 0.3) is 0 Å². The molecule has 0 heterocycles. The van der Waals surface area contributed by atoms with E-state index in [1.807, 2.05) is 0 Å². The zero-order valence-corrected chi connectivity index (χ0v) is 14.5. The van der Waals surface area contributed by atoms with E-state index in [1.54, 1.807) is 0 Å². The van der Waals surface area contributed by atoms with Crippen molar-refractivity contribution >= 4 is 31.9 Å². The van der Waals surface area contributed by atoms with Gasteiger partial charge >= 0.3 is 0 Å². The molecule has 0 bridgehead atoms. The quantitative estimate of drug-likeness (QED) is 0.535. The number of halogens is 2. The van der Waals surface area contributed by atoms with E-state index in [9.17, 15) is 0 Å². The van der Waals surface area contributed by atoms with Gasteiger partial charge < -0.3 is 0 Å². The normalized spacial score (nSPS) is 22.7. The first-order valence-corrected chi connectivity index (χ1v) is 8.83. The molecule has 104 valence electrons. The third kappa shape index (κ3) is 3.17. The zero-order chi connectivity index (χ0) is 13.9. The molecule has 1 aliphatic rings. The SMILES string of the molecule is Brc1ccc([C@H]2CCCC[C@H]2c2ccc(Br)cc2)cc1. The first-order chi connectivity index (χ1) is 9.74. The van der Waals surface area contributed by atoms with Gasteiger partial charge in [0.05, 0.1) is 0 Å². The fourth-order valence-corrected chi connectivity index (χ4v) is 3.88. The van der Waals surface area contributed by atoms with E-state index in [-0.39, 0.29) is 0 Å². The topological polar surface area (TPSA) is 0 Å². The van der Waals surface area contributed by atoms with Crippen molar-refractivity contribution in [3.8, 4) is 0 Å². The molecule has 1 saturated carbocycles. The van der Waals surface area contributed by atoms with Crippen molar-refractivity contribution in [2.75, 3.05) is 0 Å². The van der Waals surface area contributed by atoms with Crippen LogP contribution in [0.25, 0.3) is 0 Å². The molecule has 0 saturated heterocycles. The van der Waals surface area contributed by atoms with Crippen LogP contribution in [-0.4, -0.2) is 0 Å². The van der Waals surface area contributed by atoms with Gasteiger partial charge in [0.2, 0.25) is 0 Å². The summed E-state index contributed by atoms with van der Waals surface area (Å²) in [6.45, 7) is 0. The summed E-state index contributed by atoms with van der Waals surface area (Å²) in [6.07, 6.45) is 5.33. The summed E-state index contributed by atoms with van der Waals surface area (Å²) in [7, 11) is 0. The van der Waals surface area contributed by atoms with Crippen LogP contribution < -0.4 is 0 Å². The Kier molecular flexibility index (Phi) is 4.62. The lowest BCUT2D eigenvalue weighted by Gasteiger charge is -2.32. The van der Waals surface area contributed by atoms with Gasteiger partial charge in [-0.25, -0.2) is 0 Å². The predicted molar refractivity (Wildman–Crippen MR) is 92.2 cm³/mol.